The average Bonchev–Trinajstić information content (AvgIpc) is 2.40. The molecule has 0 bridgehead atoms. The zero-order valence-corrected chi connectivity index (χ0v) is 10.0. The number of rotatable bonds is 4. The molecule has 0 spiro atoms. The molecule has 1 aromatic rings. The first-order chi connectivity index (χ1) is 8.66. The first-order valence-electron chi connectivity index (χ1n) is 5.94. The molecule has 1 heterocycles. The van der Waals surface area contributed by atoms with Crippen molar-refractivity contribution in [1.82, 2.24) is 0 Å². The lowest BCUT2D eigenvalue weighted by Crippen LogP contribution is -2.21. The summed E-state index contributed by atoms with van der Waals surface area (Å²) in [5.74, 6) is -1.19. The summed E-state index contributed by atoms with van der Waals surface area (Å²) < 4.78 is 5.25. The van der Waals surface area contributed by atoms with E-state index in [-0.39, 0.29) is 6.42 Å². The molecule has 0 saturated heterocycles. The number of hydrogen-bond acceptors (Lipinski definition) is 3. The molecule has 0 radical (unpaired) electrons. The quantitative estimate of drug-likeness (QED) is 0.847. The SMILES string of the molecule is O=C(O)[C@@H](O)Cc1ccc(C2=CCOCC2)cc1. The van der Waals surface area contributed by atoms with Crippen molar-refractivity contribution in [3.05, 3.63) is 41.5 Å². The molecule has 1 aliphatic rings. The Hall–Kier alpha value is -1.65. The number of carboxylic acids is 1. The molecule has 4 heteroatoms. The summed E-state index contributed by atoms with van der Waals surface area (Å²) in [6, 6.07) is 7.64. The van der Waals surface area contributed by atoms with Gasteiger partial charge >= 0.3 is 5.97 Å². The Morgan fingerprint density at radius 2 is 2.06 bits per heavy atom. The van der Waals surface area contributed by atoms with Crippen molar-refractivity contribution in [2.24, 2.45) is 0 Å². The van der Waals surface area contributed by atoms with Crippen LogP contribution in [0.4, 0.5) is 0 Å². The molecule has 18 heavy (non-hydrogen) atoms. The highest BCUT2D eigenvalue weighted by atomic mass is 16.5. The van der Waals surface area contributed by atoms with Gasteiger partial charge in [-0.1, -0.05) is 30.3 Å². The van der Waals surface area contributed by atoms with E-state index in [4.69, 9.17) is 9.84 Å². The van der Waals surface area contributed by atoms with E-state index < -0.39 is 12.1 Å². The Balaban J connectivity index is 2.05. The lowest BCUT2D eigenvalue weighted by molar-refractivity contribution is -0.146. The van der Waals surface area contributed by atoms with Crippen LogP contribution in [0.25, 0.3) is 5.57 Å². The van der Waals surface area contributed by atoms with Crippen LogP contribution in [0.15, 0.2) is 30.3 Å². The molecule has 1 aromatic carbocycles. The van der Waals surface area contributed by atoms with Crippen molar-refractivity contribution >= 4 is 11.5 Å². The lowest BCUT2D eigenvalue weighted by Gasteiger charge is -2.14. The molecular weight excluding hydrogens is 232 g/mol. The summed E-state index contributed by atoms with van der Waals surface area (Å²) in [7, 11) is 0. The fourth-order valence-electron chi connectivity index (χ4n) is 1.95. The maximum Gasteiger partial charge on any atom is 0.332 e. The van der Waals surface area contributed by atoms with Gasteiger partial charge in [-0.25, -0.2) is 4.79 Å². The van der Waals surface area contributed by atoms with Crippen molar-refractivity contribution in [1.29, 1.82) is 0 Å². The van der Waals surface area contributed by atoms with Crippen LogP contribution in [-0.4, -0.2) is 35.5 Å². The molecular formula is C14H16O4. The fraction of sp³-hybridized carbons (Fsp3) is 0.357. The Kier molecular flexibility index (Phi) is 4.12. The molecule has 2 N–H and O–H groups in total. The lowest BCUT2D eigenvalue weighted by atomic mass is 9.99. The second-order valence-corrected chi connectivity index (χ2v) is 4.31. The van der Waals surface area contributed by atoms with Gasteiger partial charge in [0.05, 0.1) is 13.2 Å². The highest BCUT2D eigenvalue weighted by molar-refractivity contribution is 5.72. The maximum atomic E-state index is 10.5. The normalized spacial score (nSPS) is 17.1. The van der Waals surface area contributed by atoms with Crippen LogP contribution in [0.1, 0.15) is 17.5 Å². The van der Waals surface area contributed by atoms with Crippen LogP contribution in [0, 0.1) is 0 Å². The second kappa shape index (κ2) is 5.80. The van der Waals surface area contributed by atoms with Crippen molar-refractivity contribution in [2.75, 3.05) is 13.2 Å². The number of aliphatic carboxylic acids is 1. The largest absolute Gasteiger partial charge is 0.479 e. The number of benzene rings is 1. The zero-order valence-electron chi connectivity index (χ0n) is 10.0. The first kappa shape index (κ1) is 12.8. The smallest absolute Gasteiger partial charge is 0.332 e. The third-order valence-electron chi connectivity index (χ3n) is 3.00. The molecule has 1 atom stereocenters. The van der Waals surface area contributed by atoms with Gasteiger partial charge in [0.1, 0.15) is 0 Å². The summed E-state index contributed by atoms with van der Waals surface area (Å²) in [6.45, 7) is 1.39. The fourth-order valence-corrected chi connectivity index (χ4v) is 1.95. The number of ether oxygens (including phenoxy) is 1. The molecule has 4 nitrogen and oxygen atoms in total. The summed E-state index contributed by atoms with van der Waals surface area (Å²) in [5, 5.41) is 17.9. The van der Waals surface area contributed by atoms with E-state index in [0.29, 0.717) is 6.61 Å². The minimum absolute atomic E-state index is 0.137. The van der Waals surface area contributed by atoms with E-state index >= 15 is 0 Å². The topological polar surface area (TPSA) is 66.8 Å². The molecule has 0 amide bonds. The zero-order chi connectivity index (χ0) is 13.0. The molecule has 0 saturated carbocycles. The summed E-state index contributed by atoms with van der Waals surface area (Å²) >= 11 is 0. The van der Waals surface area contributed by atoms with Crippen LogP contribution >= 0.6 is 0 Å². The Labute approximate surface area is 106 Å². The van der Waals surface area contributed by atoms with Gasteiger partial charge in [0.2, 0.25) is 0 Å². The molecule has 96 valence electrons. The van der Waals surface area contributed by atoms with E-state index in [1.807, 2.05) is 24.3 Å². The van der Waals surface area contributed by atoms with Gasteiger partial charge in [-0.15, -0.1) is 0 Å². The van der Waals surface area contributed by atoms with E-state index in [0.717, 1.165) is 24.2 Å². The van der Waals surface area contributed by atoms with Crippen LogP contribution in [0.5, 0.6) is 0 Å². The van der Waals surface area contributed by atoms with Gasteiger partial charge in [0, 0.05) is 6.42 Å². The predicted octanol–water partition coefficient (Wildman–Crippen LogP) is 1.48. The summed E-state index contributed by atoms with van der Waals surface area (Å²) in [5.41, 5.74) is 3.21. The monoisotopic (exact) mass is 248 g/mol. The van der Waals surface area contributed by atoms with Crippen LogP contribution in [0.2, 0.25) is 0 Å². The maximum absolute atomic E-state index is 10.5. The molecule has 2 rings (SSSR count). The minimum Gasteiger partial charge on any atom is -0.479 e. The number of aliphatic hydroxyl groups excluding tert-OH is 1. The number of hydrogen-bond donors (Lipinski definition) is 2. The number of aliphatic hydroxyl groups is 1. The first-order valence-corrected chi connectivity index (χ1v) is 5.94. The predicted molar refractivity (Wildman–Crippen MR) is 67.2 cm³/mol. The Bertz CT molecular complexity index is 447. The van der Waals surface area contributed by atoms with Crippen molar-refractivity contribution in [3.8, 4) is 0 Å². The minimum atomic E-state index is -1.34. The van der Waals surface area contributed by atoms with E-state index in [2.05, 4.69) is 6.08 Å². The highest BCUT2D eigenvalue weighted by Crippen LogP contribution is 2.21. The van der Waals surface area contributed by atoms with Gasteiger partial charge < -0.3 is 14.9 Å². The van der Waals surface area contributed by atoms with Crippen LogP contribution in [0.3, 0.4) is 0 Å². The van der Waals surface area contributed by atoms with E-state index in [1.165, 1.54) is 5.57 Å². The summed E-state index contributed by atoms with van der Waals surface area (Å²) in [4.78, 5) is 10.5. The van der Waals surface area contributed by atoms with Gasteiger partial charge in [-0.05, 0) is 23.1 Å². The van der Waals surface area contributed by atoms with E-state index in [9.17, 15) is 9.90 Å². The number of carbonyl (C=O) groups is 1. The molecule has 0 aliphatic carbocycles. The third-order valence-corrected chi connectivity index (χ3v) is 3.00. The average molecular weight is 248 g/mol. The highest BCUT2D eigenvalue weighted by Gasteiger charge is 2.13. The van der Waals surface area contributed by atoms with Crippen LogP contribution < -0.4 is 0 Å². The molecule has 0 unspecified atom stereocenters. The summed E-state index contributed by atoms with van der Waals surface area (Å²) in [6.07, 6.45) is 1.76. The third kappa shape index (κ3) is 3.18. The van der Waals surface area contributed by atoms with Crippen molar-refractivity contribution in [3.63, 3.8) is 0 Å². The van der Waals surface area contributed by atoms with Crippen molar-refractivity contribution in [2.45, 2.75) is 18.9 Å². The molecule has 0 fully saturated rings. The van der Waals surface area contributed by atoms with Gasteiger partial charge in [-0.2, -0.15) is 0 Å². The van der Waals surface area contributed by atoms with Gasteiger partial charge in [-0.3, -0.25) is 0 Å². The van der Waals surface area contributed by atoms with Gasteiger partial charge in [0.15, 0.2) is 6.10 Å². The Morgan fingerprint density at radius 1 is 1.33 bits per heavy atom. The molecule has 0 aromatic heterocycles. The van der Waals surface area contributed by atoms with Gasteiger partial charge in [0.25, 0.3) is 0 Å². The second-order valence-electron chi connectivity index (χ2n) is 4.31. The van der Waals surface area contributed by atoms with Crippen molar-refractivity contribution < 1.29 is 19.7 Å². The molecule has 1 aliphatic heterocycles. The number of carboxylic acid groups (broad SMARTS) is 1. The standard InChI is InChI=1S/C14H16O4/c15-13(14(16)17)9-10-1-3-11(4-2-10)12-5-7-18-8-6-12/h1-5,13,15H,6-9H2,(H,16,17)/t13-/m0/s1. The Morgan fingerprint density at radius 3 is 2.61 bits per heavy atom. The van der Waals surface area contributed by atoms with Crippen LogP contribution in [-0.2, 0) is 16.0 Å². The van der Waals surface area contributed by atoms with E-state index in [1.54, 1.807) is 0 Å².